The Labute approximate surface area is 114 Å². The molecule has 0 saturated carbocycles. The Hall–Kier alpha value is -2.43. The Bertz CT molecular complexity index is 513. The third kappa shape index (κ3) is 3.78. The van der Waals surface area contributed by atoms with Crippen LogP contribution in [0, 0.1) is 0 Å². The van der Waals surface area contributed by atoms with Gasteiger partial charge in [0.1, 0.15) is 24.8 Å². The molecule has 0 aliphatic rings. The number of hydrogen-bond acceptors (Lipinski definition) is 3. The van der Waals surface area contributed by atoms with Gasteiger partial charge in [-0.3, -0.25) is 0 Å². The van der Waals surface area contributed by atoms with Crippen LogP contribution in [0.3, 0.4) is 0 Å². The van der Waals surface area contributed by atoms with E-state index in [2.05, 4.69) is 0 Å². The van der Waals surface area contributed by atoms with Crippen molar-refractivity contribution in [3.63, 3.8) is 0 Å². The summed E-state index contributed by atoms with van der Waals surface area (Å²) in [5.74, 6) is 0.514. The van der Waals surface area contributed by atoms with Crippen molar-refractivity contribution in [2.24, 2.45) is 0 Å². The Morgan fingerprint density at radius 3 is 1.40 bits per heavy atom. The molecule has 5 heteroatoms. The molecule has 0 heterocycles. The molecule has 0 spiro atoms. The lowest BCUT2D eigenvalue weighted by Gasteiger charge is -2.06. The van der Waals surface area contributed by atoms with E-state index < -0.39 is 19.5 Å². The van der Waals surface area contributed by atoms with E-state index in [0.29, 0.717) is 11.1 Å². The molecule has 0 unspecified atom stereocenters. The van der Waals surface area contributed by atoms with Crippen molar-refractivity contribution < 1.29 is 23.0 Å². The highest BCUT2D eigenvalue weighted by Crippen LogP contribution is 2.16. The maximum absolute atomic E-state index is 12.3. The van der Waals surface area contributed by atoms with Crippen LogP contribution in [0.1, 0.15) is 11.1 Å². The summed E-state index contributed by atoms with van der Waals surface area (Å²) in [7, 11) is 0. The zero-order valence-corrected chi connectivity index (χ0v) is 10.5. The number of rotatable bonds is 4. The number of alkyl halides is 2. The number of ether oxygens (including phenoxy) is 2. The Kier molecular flexibility index (Phi) is 4.65. The highest BCUT2D eigenvalue weighted by Gasteiger charge is 2.08. The standard InChI is InChI=1S/C15H12F2O3/c16-9-11-1-5-13(6-2-11)19-15(18)20-14-7-3-12(10-17)4-8-14/h1-8H,9-10H2. The maximum Gasteiger partial charge on any atom is 0.519 e. The second-order valence-corrected chi connectivity index (χ2v) is 4.01. The quantitative estimate of drug-likeness (QED) is 0.621. The fourth-order valence-electron chi connectivity index (χ4n) is 1.51. The number of benzene rings is 2. The van der Waals surface area contributed by atoms with Crippen LogP contribution in [0.4, 0.5) is 13.6 Å². The molecule has 3 nitrogen and oxygen atoms in total. The first-order valence-corrected chi connectivity index (χ1v) is 5.90. The average Bonchev–Trinajstić information content (AvgIpc) is 2.49. The second kappa shape index (κ2) is 6.65. The van der Waals surface area contributed by atoms with E-state index in [-0.39, 0.29) is 11.5 Å². The molecular weight excluding hydrogens is 266 g/mol. The van der Waals surface area contributed by atoms with Gasteiger partial charge in [-0.05, 0) is 35.4 Å². The molecule has 0 amide bonds. The monoisotopic (exact) mass is 278 g/mol. The van der Waals surface area contributed by atoms with Crippen LogP contribution >= 0.6 is 0 Å². The zero-order chi connectivity index (χ0) is 14.4. The summed E-state index contributed by atoms with van der Waals surface area (Å²) >= 11 is 0. The molecular formula is C15H12F2O3. The molecule has 0 saturated heterocycles. The molecule has 0 aliphatic heterocycles. The normalized spacial score (nSPS) is 10.1. The van der Waals surface area contributed by atoms with Gasteiger partial charge in [-0.25, -0.2) is 13.6 Å². The van der Waals surface area contributed by atoms with Gasteiger partial charge in [-0.15, -0.1) is 0 Å². The van der Waals surface area contributed by atoms with Crippen LogP contribution in [-0.2, 0) is 13.3 Å². The minimum Gasteiger partial charge on any atom is -0.395 e. The molecule has 2 aromatic rings. The van der Waals surface area contributed by atoms with Gasteiger partial charge in [0.05, 0.1) is 0 Å². The van der Waals surface area contributed by atoms with Gasteiger partial charge < -0.3 is 9.47 Å². The van der Waals surface area contributed by atoms with Gasteiger partial charge in [0.25, 0.3) is 0 Å². The highest BCUT2D eigenvalue weighted by molar-refractivity contribution is 5.67. The smallest absolute Gasteiger partial charge is 0.395 e. The molecule has 0 aromatic heterocycles. The fourth-order valence-corrected chi connectivity index (χ4v) is 1.51. The van der Waals surface area contributed by atoms with Crippen molar-refractivity contribution in [1.82, 2.24) is 0 Å². The number of hydrogen-bond donors (Lipinski definition) is 0. The highest BCUT2D eigenvalue weighted by atomic mass is 19.1. The lowest BCUT2D eigenvalue weighted by Crippen LogP contribution is -2.13. The first kappa shape index (κ1) is 14.0. The van der Waals surface area contributed by atoms with Crippen molar-refractivity contribution in [3.05, 3.63) is 59.7 Å². The Morgan fingerprint density at radius 1 is 0.750 bits per heavy atom. The summed E-state index contributed by atoms with van der Waals surface area (Å²) in [5, 5.41) is 0. The van der Waals surface area contributed by atoms with Crippen LogP contribution in [0.25, 0.3) is 0 Å². The first-order valence-electron chi connectivity index (χ1n) is 5.90. The van der Waals surface area contributed by atoms with Gasteiger partial charge >= 0.3 is 6.16 Å². The lowest BCUT2D eigenvalue weighted by atomic mass is 10.2. The maximum atomic E-state index is 12.3. The summed E-state index contributed by atoms with van der Waals surface area (Å²) in [6.07, 6.45) is -0.911. The predicted octanol–water partition coefficient (Wildman–Crippen LogP) is 4.20. The third-order valence-electron chi connectivity index (χ3n) is 2.56. The van der Waals surface area contributed by atoms with Crippen LogP contribution in [0.15, 0.2) is 48.5 Å². The molecule has 2 rings (SSSR count). The fraction of sp³-hybridized carbons (Fsp3) is 0.133. The molecule has 0 N–H and O–H groups in total. The van der Waals surface area contributed by atoms with Crippen molar-refractivity contribution in [3.8, 4) is 11.5 Å². The molecule has 0 radical (unpaired) electrons. The third-order valence-corrected chi connectivity index (χ3v) is 2.56. The Balaban J connectivity index is 1.93. The van der Waals surface area contributed by atoms with E-state index in [4.69, 9.17) is 9.47 Å². The summed E-state index contributed by atoms with van der Waals surface area (Å²) in [6, 6.07) is 11.9. The van der Waals surface area contributed by atoms with Crippen molar-refractivity contribution in [1.29, 1.82) is 0 Å². The van der Waals surface area contributed by atoms with Gasteiger partial charge in [-0.1, -0.05) is 24.3 Å². The van der Waals surface area contributed by atoms with Gasteiger partial charge in [0.2, 0.25) is 0 Å². The van der Waals surface area contributed by atoms with E-state index >= 15 is 0 Å². The molecule has 0 atom stereocenters. The topological polar surface area (TPSA) is 35.5 Å². The van der Waals surface area contributed by atoms with E-state index in [1.165, 1.54) is 48.5 Å². The number of carbonyl (C=O) groups excluding carboxylic acids is 1. The van der Waals surface area contributed by atoms with E-state index in [9.17, 15) is 13.6 Å². The first-order chi connectivity index (χ1) is 9.71. The SMILES string of the molecule is O=C(Oc1ccc(CF)cc1)Oc1ccc(CF)cc1. The molecule has 0 fully saturated rings. The molecule has 0 bridgehead atoms. The Morgan fingerprint density at radius 2 is 1.10 bits per heavy atom. The van der Waals surface area contributed by atoms with Crippen LogP contribution in [0.5, 0.6) is 11.5 Å². The summed E-state index contributed by atoms with van der Waals surface area (Å²) in [5.41, 5.74) is 0.986. The lowest BCUT2D eigenvalue weighted by molar-refractivity contribution is 0.152. The van der Waals surface area contributed by atoms with Crippen LogP contribution in [-0.4, -0.2) is 6.16 Å². The largest absolute Gasteiger partial charge is 0.519 e. The minimum atomic E-state index is -0.911. The molecule has 0 aliphatic carbocycles. The number of halogens is 2. The van der Waals surface area contributed by atoms with Crippen molar-refractivity contribution in [2.75, 3.05) is 0 Å². The van der Waals surface area contributed by atoms with Crippen molar-refractivity contribution in [2.45, 2.75) is 13.3 Å². The van der Waals surface area contributed by atoms with E-state index in [1.54, 1.807) is 0 Å². The van der Waals surface area contributed by atoms with Gasteiger partial charge in [0, 0.05) is 0 Å². The molecule has 2 aromatic carbocycles. The van der Waals surface area contributed by atoms with E-state index in [0.717, 1.165) is 0 Å². The van der Waals surface area contributed by atoms with Gasteiger partial charge in [0.15, 0.2) is 0 Å². The van der Waals surface area contributed by atoms with Crippen LogP contribution < -0.4 is 9.47 Å². The zero-order valence-electron chi connectivity index (χ0n) is 10.5. The molecule has 104 valence electrons. The summed E-state index contributed by atoms with van der Waals surface area (Å²) in [6.45, 7) is -1.16. The second-order valence-electron chi connectivity index (χ2n) is 4.01. The minimum absolute atomic E-state index is 0.257. The van der Waals surface area contributed by atoms with E-state index in [1.807, 2.05) is 0 Å². The number of carbonyl (C=O) groups is 1. The van der Waals surface area contributed by atoms with Gasteiger partial charge in [-0.2, -0.15) is 0 Å². The van der Waals surface area contributed by atoms with Crippen LogP contribution in [0.2, 0.25) is 0 Å². The molecule has 20 heavy (non-hydrogen) atoms. The summed E-state index contributed by atoms with van der Waals surface area (Å²) in [4.78, 5) is 11.5. The predicted molar refractivity (Wildman–Crippen MR) is 69.2 cm³/mol. The van der Waals surface area contributed by atoms with Crippen molar-refractivity contribution >= 4 is 6.16 Å². The summed E-state index contributed by atoms with van der Waals surface area (Å²) < 4.78 is 34.5. The average molecular weight is 278 g/mol.